The molecule has 24 heavy (non-hydrogen) atoms. The molecule has 5 heteroatoms. The molecule has 2 amide bonds. The molecule has 0 spiro atoms. The molecule has 5 fully saturated rings. The highest BCUT2D eigenvalue weighted by Crippen LogP contribution is 2.60. The van der Waals surface area contributed by atoms with Crippen LogP contribution in [0.3, 0.4) is 0 Å². The highest BCUT2D eigenvalue weighted by Gasteiger charge is 2.54. The van der Waals surface area contributed by atoms with Gasteiger partial charge >= 0.3 is 0 Å². The van der Waals surface area contributed by atoms with Gasteiger partial charge < -0.3 is 10.2 Å². The van der Waals surface area contributed by atoms with Crippen molar-refractivity contribution in [2.45, 2.75) is 69.7 Å². The standard InChI is InChI=1S/C19H29ClN2O2/c1-12(20)17(23)22-4-2-16(3-5-22)21-18(24)19-9-13-6-14(10-19)8-15(7-13)11-19/h12-16H,2-11H2,1H3,(H,21,24). The first-order chi connectivity index (χ1) is 11.4. The van der Waals surface area contributed by atoms with E-state index in [2.05, 4.69) is 5.32 Å². The molecule has 0 aromatic heterocycles. The van der Waals surface area contributed by atoms with Crippen LogP contribution in [0, 0.1) is 23.2 Å². The highest BCUT2D eigenvalue weighted by atomic mass is 35.5. The summed E-state index contributed by atoms with van der Waals surface area (Å²) in [7, 11) is 0. The van der Waals surface area contributed by atoms with Gasteiger partial charge in [-0.25, -0.2) is 0 Å². The summed E-state index contributed by atoms with van der Waals surface area (Å²) in [6.07, 6.45) is 9.15. The fourth-order valence-electron chi connectivity index (χ4n) is 6.22. The van der Waals surface area contributed by atoms with Gasteiger partial charge in [0, 0.05) is 24.5 Å². The molecular weight excluding hydrogens is 324 g/mol. The quantitative estimate of drug-likeness (QED) is 0.794. The van der Waals surface area contributed by atoms with Crippen LogP contribution in [-0.2, 0) is 9.59 Å². The number of nitrogens with zero attached hydrogens (tertiary/aromatic N) is 1. The Morgan fingerprint density at radius 2 is 1.54 bits per heavy atom. The molecule has 5 aliphatic rings. The molecule has 0 aromatic rings. The number of nitrogens with one attached hydrogen (secondary N) is 1. The Morgan fingerprint density at radius 1 is 1.04 bits per heavy atom. The molecule has 4 aliphatic carbocycles. The van der Waals surface area contributed by atoms with Crippen LogP contribution in [0.25, 0.3) is 0 Å². The minimum absolute atomic E-state index is 0.0162. The zero-order chi connectivity index (χ0) is 16.9. The van der Waals surface area contributed by atoms with Gasteiger partial charge in [-0.3, -0.25) is 9.59 Å². The number of carbonyl (C=O) groups is 2. The second kappa shape index (κ2) is 6.19. The lowest BCUT2D eigenvalue weighted by Crippen LogP contribution is -2.56. The molecule has 1 aliphatic heterocycles. The Kier molecular flexibility index (Phi) is 4.30. The highest BCUT2D eigenvalue weighted by molar-refractivity contribution is 6.30. The van der Waals surface area contributed by atoms with E-state index in [4.69, 9.17) is 11.6 Å². The molecule has 0 radical (unpaired) electrons. The van der Waals surface area contributed by atoms with Crippen molar-refractivity contribution in [2.24, 2.45) is 23.2 Å². The molecule has 1 unspecified atom stereocenters. The Morgan fingerprint density at radius 3 is 2.00 bits per heavy atom. The molecule has 4 bridgehead atoms. The molecule has 1 saturated heterocycles. The van der Waals surface area contributed by atoms with E-state index in [1.165, 1.54) is 19.3 Å². The average molecular weight is 353 g/mol. The van der Waals surface area contributed by atoms with Crippen molar-refractivity contribution in [3.05, 3.63) is 0 Å². The zero-order valence-electron chi connectivity index (χ0n) is 14.6. The van der Waals surface area contributed by atoms with E-state index in [1.54, 1.807) is 6.92 Å². The first-order valence-electron chi connectivity index (χ1n) is 9.69. The maximum absolute atomic E-state index is 13.1. The second-order valence-electron chi connectivity index (χ2n) is 8.89. The lowest BCUT2D eigenvalue weighted by molar-refractivity contribution is -0.147. The molecule has 0 aromatic carbocycles. The maximum atomic E-state index is 13.1. The van der Waals surface area contributed by atoms with Crippen molar-refractivity contribution in [2.75, 3.05) is 13.1 Å². The summed E-state index contributed by atoms with van der Waals surface area (Å²) in [5, 5.41) is 2.90. The first kappa shape index (κ1) is 16.7. The molecule has 1 atom stereocenters. The topological polar surface area (TPSA) is 49.4 Å². The van der Waals surface area contributed by atoms with Gasteiger partial charge in [0.15, 0.2) is 0 Å². The normalized spacial score (nSPS) is 39.8. The van der Waals surface area contributed by atoms with Crippen molar-refractivity contribution >= 4 is 23.4 Å². The van der Waals surface area contributed by atoms with Crippen molar-refractivity contribution in [1.29, 1.82) is 0 Å². The molecule has 5 rings (SSSR count). The zero-order valence-corrected chi connectivity index (χ0v) is 15.4. The van der Waals surface area contributed by atoms with Gasteiger partial charge in [-0.05, 0) is 76.0 Å². The molecule has 4 saturated carbocycles. The van der Waals surface area contributed by atoms with Crippen LogP contribution >= 0.6 is 11.6 Å². The minimum Gasteiger partial charge on any atom is -0.353 e. The number of rotatable bonds is 3. The van der Waals surface area contributed by atoms with Crippen LogP contribution in [-0.4, -0.2) is 41.2 Å². The van der Waals surface area contributed by atoms with Crippen molar-refractivity contribution in [1.82, 2.24) is 10.2 Å². The van der Waals surface area contributed by atoms with Gasteiger partial charge in [0.05, 0.1) is 0 Å². The molecule has 1 N–H and O–H groups in total. The predicted octanol–water partition coefficient (Wildman–Crippen LogP) is 2.94. The minimum atomic E-state index is -0.455. The number of hydrogen-bond donors (Lipinski definition) is 1. The van der Waals surface area contributed by atoms with Gasteiger partial charge in [-0.1, -0.05) is 0 Å². The van der Waals surface area contributed by atoms with Gasteiger partial charge in [-0.2, -0.15) is 0 Å². The average Bonchev–Trinajstić information content (AvgIpc) is 2.53. The van der Waals surface area contributed by atoms with Crippen molar-refractivity contribution in [3.63, 3.8) is 0 Å². The third kappa shape index (κ3) is 2.95. The van der Waals surface area contributed by atoms with Crippen LogP contribution in [0.15, 0.2) is 0 Å². The van der Waals surface area contributed by atoms with E-state index in [0.717, 1.165) is 49.9 Å². The van der Waals surface area contributed by atoms with Crippen LogP contribution in [0.1, 0.15) is 58.3 Å². The maximum Gasteiger partial charge on any atom is 0.240 e. The monoisotopic (exact) mass is 352 g/mol. The number of halogens is 1. The summed E-state index contributed by atoms with van der Waals surface area (Å²) in [5.41, 5.74) is -0.0631. The molecule has 134 valence electrons. The number of hydrogen-bond acceptors (Lipinski definition) is 2. The summed E-state index contributed by atoms with van der Waals surface area (Å²) < 4.78 is 0. The summed E-state index contributed by atoms with van der Waals surface area (Å²) in [4.78, 5) is 26.9. The van der Waals surface area contributed by atoms with E-state index in [1.807, 2.05) is 4.90 Å². The van der Waals surface area contributed by atoms with E-state index in [-0.39, 0.29) is 17.4 Å². The van der Waals surface area contributed by atoms with E-state index >= 15 is 0 Å². The lowest BCUT2D eigenvalue weighted by atomic mass is 9.49. The smallest absolute Gasteiger partial charge is 0.240 e. The van der Waals surface area contributed by atoms with Crippen LogP contribution in [0.4, 0.5) is 0 Å². The van der Waals surface area contributed by atoms with Gasteiger partial charge in [0.25, 0.3) is 0 Å². The van der Waals surface area contributed by atoms with Crippen LogP contribution < -0.4 is 5.32 Å². The van der Waals surface area contributed by atoms with Gasteiger partial charge in [-0.15, -0.1) is 11.6 Å². The third-order valence-corrected chi connectivity index (χ3v) is 7.19. The largest absolute Gasteiger partial charge is 0.353 e. The Labute approximate surface area is 149 Å². The van der Waals surface area contributed by atoms with E-state index < -0.39 is 5.38 Å². The third-order valence-electron chi connectivity index (χ3n) is 7.00. The predicted molar refractivity (Wildman–Crippen MR) is 93.7 cm³/mol. The van der Waals surface area contributed by atoms with E-state index in [0.29, 0.717) is 19.0 Å². The van der Waals surface area contributed by atoms with Gasteiger partial charge in [0.1, 0.15) is 5.38 Å². The molecule has 1 heterocycles. The molecule has 4 nitrogen and oxygen atoms in total. The first-order valence-corrected chi connectivity index (χ1v) is 10.1. The van der Waals surface area contributed by atoms with Crippen molar-refractivity contribution in [3.8, 4) is 0 Å². The number of carbonyl (C=O) groups excluding carboxylic acids is 2. The van der Waals surface area contributed by atoms with E-state index in [9.17, 15) is 9.59 Å². The van der Waals surface area contributed by atoms with Crippen LogP contribution in [0.2, 0.25) is 0 Å². The number of alkyl halides is 1. The van der Waals surface area contributed by atoms with Gasteiger partial charge in [0.2, 0.25) is 11.8 Å². The lowest BCUT2D eigenvalue weighted by Gasteiger charge is -2.56. The van der Waals surface area contributed by atoms with Crippen molar-refractivity contribution < 1.29 is 9.59 Å². The number of piperidine rings is 1. The second-order valence-corrected chi connectivity index (χ2v) is 9.54. The Balaban J connectivity index is 1.34. The summed E-state index contributed by atoms with van der Waals surface area (Å²) >= 11 is 5.90. The summed E-state index contributed by atoms with van der Waals surface area (Å²) in [5.74, 6) is 2.73. The summed E-state index contributed by atoms with van der Waals surface area (Å²) in [6.45, 7) is 3.15. The summed E-state index contributed by atoms with van der Waals surface area (Å²) in [6, 6.07) is 0.222. The molecular formula is C19H29ClN2O2. The fourth-order valence-corrected chi connectivity index (χ4v) is 6.36. The number of likely N-dealkylation sites (tertiary alicyclic amines) is 1. The van der Waals surface area contributed by atoms with Crippen LogP contribution in [0.5, 0.6) is 0 Å². The fraction of sp³-hybridized carbons (Fsp3) is 0.895. The Bertz CT molecular complexity index is 490. The Hall–Kier alpha value is -0.770. The number of amides is 2. The SMILES string of the molecule is CC(Cl)C(=O)N1CCC(NC(=O)C23CC4CC(CC(C4)C2)C3)CC1.